The van der Waals surface area contributed by atoms with Crippen LogP contribution in [0.25, 0.3) is 0 Å². The lowest BCUT2D eigenvalue weighted by molar-refractivity contribution is -0.133. The molecule has 1 amide bonds. The van der Waals surface area contributed by atoms with Gasteiger partial charge in [0.05, 0.1) is 23.8 Å². The maximum absolute atomic E-state index is 12.7. The van der Waals surface area contributed by atoms with Crippen LogP contribution in [0.1, 0.15) is 34.1 Å². The van der Waals surface area contributed by atoms with Crippen LogP contribution in [0, 0.1) is 0 Å². The number of Topliss-reactive ketones (excluding diaryl/α,β-unsaturated/α-hetero) is 1. The van der Waals surface area contributed by atoms with Gasteiger partial charge in [-0.3, -0.25) is 14.5 Å². The first-order chi connectivity index (χ1) is 12.6. The lowest BCUT2D eigenvalue weighted by atomic mass is 10.1. The van der Waals surface area contributed by atoms with Crippen molar-refractivity contribution >= 4 is 23.0 Å². The van der Waals surface area contributed by atoms with E-state index in [-0.39, 0.29) is 24.3 Å². The van der Waals surface area contributed by atoms with E-state index in [1.807, 2.05) is 22.4 Å². The zero-order chi connectivity index (χ0) is 18.5. The summed E-state index contributed by atoms with van der Waals surface area (Å²) in [6.45, 7) is 4.44. The van der Waals surface area contributed by atoms with Crippen LogP contribution < -0.4 is 0 Å². The molecule has 0 aliphatic carbocycles. The number of carbonyl (C=O) groups is 2. The molecule has 7 heteroatoms. The summed E-state index contributed by atoms with van der Waals surface area (Å²) >= 11 is 1.39. The molecule has 2 aromatic heterocycles. The normalized spacial score (nSPS) is 18.2. The summed E-state index contributed by atoms with van der Waals surface area (Å²) in [7, 11) is 0. The fourth-order valence-corrected chi connectivity index (χ4v) is 4.12. The molecule has 1 fully saturated rings. The summed E-state index contributed by atoms with van der Waals surface area (Å²) in [6, 6.07) is 3.88. The molecule has 0 aromatic carbocycles. The average Bonchev–Trinajstić information content (AvgIpc) is 3.28. The topological polar surface area (TPSA) is 74.0 Å². The lowest BCUT2D eigenvalue weighted by Crippen LogP contribution is -2.54. The van der Waals surface area contributed by atoms with Gasteiger partial charge in [0.2, 0.25) is 5.91 Å². The van der Waals surface area contributed by atoms with E-state index in [4.69, 9.17) is 4.42 Å². The molecular formula is C19H24N2O4S. The number of nitrogens with zero attached hydrogens (tertiary/aromatic N) is 2. The van der Waals surface area contributed by atoms with Crippen LogP contribution in [0.15, 0.2) is 34.5 Å². The quantitative estimate of drug-likeness (QED) is 0.750. The Hall–Kier alpha value is -1.96. The first-order valence-corrected chi connectivity index (χ1v) is 9.67. The molecule has 0 radical (unpaired) electrons. The molecule has 0 saturated carbocycles. The number of hydrogen-bond acceptors (Lipinski definition) is 6. The van der Waals surface area contributed by atoms with Crippen molar-refractivity contribution in [2.45, 2.75) is 32.4 Å². The number of piperazine rings is 1. The summed E-state index contributed by atoms with van der Waals surface area (Å²) in [6.07, 6.45) is 4.34. The molecule has 1 N–H and O–H groups in total. The number of furan rings is 1. The van der Waals surface area contributed by atoms with Crippen molar-refractivity contribution in [1.82, 2.24) is 9.80 Å². The Kier molecular flexibility index (Phi) is 6.24. The van der Waals surface area contributed by atoms with Gasteiger partial charge in [0.15, 0.2) is 5.78 Å². The van der Waals surface area contributed by atoms with Gasteiger partial charge in [0.25, 0.3) is 0 Å². The molecule has 26 heavy (non-hydrogen) atoms. The van der Waals surface area contributed by atoms with Gasteiger partial charge in [0.1, 0.15) is 0 Å². The number of aliphatic hydroxyl groups excluding tert-OH is 1. The van der Waals surface area contributed by atoms with Crippen molar-refractivity contribution in [2.24, 2.45) is 0 Å². The maximum atomic E-state index is 12.7. The van der Waals surface area contributed by atoms with E-state index < -0.39 is 0 Å². The molecule has 1 atom stereocenters. The second-order valence-electron chi connectivity index (χ2n) is 6.66. The van der Waals surface area contributed by atoms with Gasteiger partial charge in [0, 0.05) is 44.4 Å². The van der Waals surface area contributed by atoms with Gasteiger partial charge in [-0.15, -0.1) is 11.3 Å². The third-order valence-electron chi connectivity index (χ3n) is 4.74. The Bertz CT molecular complexity index is 741. The monoisotopic (exact) mass is 376 g/mol. The summed E-state index contributed by atoms with van der Waals surface area (Å²) < 4.78 is 5.13. The van der Waals surface area contributed by atoms with Gasteiger partial charge in [-0.2, -0.15) is 0 Å². The van der Waals surface area contributed by atoms with Crippen LogP contribution >= 0.6 is 11.3 Å². The predicted molar refractivity (Wildman–Crippen MR) is 99.2 cm³/mol. The zero-order valence-corrected chi connectivity index (χ0v) is 15.7. The Morgan fingerprint density at radius 3 is 2.85 bits per heavy atom. The minimum absolute atomic E-state index is 0.0320. The number of ketones is 1. The standard InChI is InChI=1S/C19H24N2O4S/c1-14(23)18-8-16(13-26-18)9-19(24)21-5-4-20(17(11-21)2-6-22)10-15-3-7-25-12-15/h3,7-8,12-13,17,22H,2,4-6,9-11H2,1H3/t17-/m1/s1. The Balaban J connectivity index is 1.60. The average molecular weight is 376 g/mol. The van der Waals surface area contributed by atoms with Crippen LogP contribution in [0.4, 0.5) is 0 Å². The van der Waals surface area contributed by atoms with E-state index in [9.17, 15) is 14.7 Å². The number of amides is 1. The van der Waals surface area contributed by atoms with Gasteiger partial charge < -0.3 is 14.4 Å². The van der Waals surface area contributed by atoms with E-state index in [2.05, 4.69) is 4.90 Å². The fourth-order valence-electron chi connectivity index (χ4n) is 3.31. The third kappa shape index (κ3) is 4.60. The molecule has 0 spiro atoms. The maximum Gasteiger partial charge on any atom is 0.227 e. The van der Waals surface area contributed by atoms with E-state index in [1.54, 1.807) is 12.5 Å². The lowest BCUT2D eigenvalue weighted by Gasteiger charge is -2.41. The van der Waals surface area contributed by atoms with Gasteiger partial charge in [-0.25, -0.2) is 0 Å². The smallest absolute Gasteiger partial charge is 0.227 e. The van der Waals surface area contributed by atoms with Crippen LogP contribution in [0.2, 0.25) is 0 Å². The first kappa shape index (κ1) is 18.8. The van der Waals surface area contributed by atoms with Gasteiger partial charge >= 0.3 is 0 Å². The van der Waals surface area contributed by atoms with Crippen molar-refractivity contribution < 1.29 is 19.1 Å². The van der Waals surface area contributed by atoms with Crippen LogP contribution in [0.5, 0.6) is 0 Å². The Morgan fingerprint density at radius 1 is 1.35 bits per heavy atom. The van der Waals surface area contributed by atoms with E-state index in [0.29, 0.717) is 30.8 Å². The summed E-state index contributed by atoms with van der Waals surface area (Å²) in [5.74, 6) is 0.105. The molecular weight excluding hydrogens is 352 g/mol. The molecule has 3 heterocycles. The molecule has 0 bridgehead atoms. The Morgan fingerprint density at radius 2 is 2.19 bits per heavy atom. The molecule has 1 aliphatic rings. The van der Waals surface area contributed by atoms with Crippen LogP contribution in [-0.4, -0.2) is 58.9 Å². The first-order valence-electron chi connectivity index (χ1n) is 8.79. The van der Waals surface area contributed by atoms with E-state index in [1.165, 1.54) is 18.3 Å². The fraction of sp³-hybridized carbons (Fsp3) is 0.474. The largest absolute Gasteiger partial charge is 0.472 e. The minimum Gasteiger partial charge on any atom is -0.472 e. The van der Waals surface area contributed by atoms with Gasteiger partial charge in [-0.05, 0) is 36.4 Å². The van der Waals surface area contributed by atoms with Crippen molar-refractivity contribution in [3.05, 3.63) is 46.0 Å². The molecule has 140 valence electrons. The highest BCUT2D eigenvalue weighted by Crippen LogP contribution is 2.20. The second kappa shape index (κ2) is 8.62. The predicted octanol–water partition coefficient (Wildman–Crippen LogP) is 2.18. The number of rotatable bonds is 7. The Labute approximate surface area is 157 Å². The number of aliphatic hydroxyl groups is 1. The van der Waals surface area contributed by atoms with Crippen molar-refractivity contribution in [3.63, 3.8) is 0 Å². The number of thiophene rings is 1. The molecule has 1 saturated heterocycles. The van der Waals surface area contributed by atoms with Crippen molar-refractivity contribution in [2.75, 3.05) is 26.2 Å². The van der Waals surface area contributed by atoms with Crippen molar-refractivity contribution in [3.8, 4) is 0 Å². The molecule has 2 aromatic rings. The number of hydrogen-bond donors (Lipinski definition) is 1. The summed E-state index contributed by atoms with van der Waals surface area (Å²) in [5.41, 5.74) is 1.99. The molecule has 3 rings (SSSR count). The summed E-state index contributed by atoms with van der Waals surface area (Å²) in [4.78, 5) is 28.9. The number of carbonyl (C=O) groups excluding carboxylic acids is 2. The minimum atomic E-state index is 0.0320. The molecule has 1 aliphatic heterocycles. The van der Waals surface area contributed by atoms with Crippen LogP contribution in [0.3, 0.4) is 0 Å². The second-order valence-corrected chi connectivity index (χ2v) is 7.57. The highest BCUT2D eigenvalue weighted by Gasteiger charge is 2.29. The summed E-state index contributed by atoms with van der Waals surface area (Å²) in [5, 5.41) is 11.3. The van der Waals surface area contributed by atoms with E-state index in [0.717, 1.165) is 24.2 Å². The SMILES string of the molecule is CC(=O)c1cc(CC(=O)N2CCN(Cc3ccoc3)[C@H](CCO)C2)cs1. The van der Waals surface area contributed by atoms with E-state index >= 15 is 0 Å². The van der Waals surface area contributed by atoms with Gasteiger partial charge in [-0.1, -0.05) is 0 Å². The molecule has 0 unspecified atom stereocenters. The third-order valence-corrected chi connectivity index (χ3v) is 5.82. The van der Waals surface area contributed by atoms with Crippen molar-refractivity contribution in [1.29, 1.82) is 0 Å². The highest BCUT2D eigenvalue weighted by atomic mass is 32.1. The highest BCUT2D eigenvalue weighted by molar-refractivity contribution is 7.12. The zero-order valence-electron chi connectivity index (χ0n) is 14.9. The van der Waals surface area contributed by atoms with Crippen LogP contribution in [-0.2, 0) is 17.8 Å². The molecule has 6 nitrogen and oxygen atoms in total.